The Morgan fingerprint density at radius 3 is 2.65 bits per heavy atom. The van der Waals surface area contributed by atoms with Crippen molar-refractivity contribution >= 4 is 38.1 Å². The van der Waals surface area contributed by atoms with E-state index in [4.69, 9.17) is 4.74 Å². The summed E-state index contributed by atoms with van der Waals surface area (Å²) >= 11 is 0. The highest BCUT2D eigenvalue weighted by Gasteiger charge is 2.60. The molecule has 0 saturated heterocycles. The molecule has 0 bridgehead atoms. The minimum absolute atomic E-state index is 0.0369. The maximum atomic E-state index is 13.2. The Labute approximate surface area is 233 Å². The van der Waals surface area contributed by atoms with E-state index in [-0.39, 0.29) is 22.2 Å². The number of anilines is 2. The predicted molar refractivity (Wildman–Crippen MR) is 153 cm³/mol. The van der Waals surface area contributed by atoms with Crippen molar-refractivity contribution in [2.75, 3.05) is 50.5 Å². The Kier molecular flexibility index (Phi) is 6.42. The number of hydrogen-bond donors (Lipinski definition) is 1. The van der Waals surface area contributed by atoms with Crippen molar-refractivity contribution in [3.05, 3.63) is 66.7 Å². The van der Waals surface area contributed by atoms with Crippen LogP contribution in [-0.4, -0.2) is 74.9 Å². The Bertz CT molecular complexity index is 1730. The number of rotatable bonds is 9. The number of likely N-dealkylation sites (N-methyl/N-ethyl adjacent to an activating group) is 1. The maximum absolute atomic E-state index is 13.2. The van der Waals surface area contributed by atoms with Crippen LogP contribution in [0.25, 0.3) is 22.0 Å². The molecule has 1 aliphatic heterocycles. The summed E-state index contributed by atoms with van der Waals surface area (Å²) < 4.78 is 34.9. The number of nitrogens with zero attached hydrogens (tertiary/aromatic N) is 5. The van der Waals surface area contributed by atoms with Crippen LogP contribution < -0.4 is 14.4 Å². The molecule has 2 aliphatic rings. The second-order valence-electron chi connectivity index (χ2n) is 10.7. The number of aromatic nitrogens is 3. The molecule has 1 fully saturated rings. The molecule has 206 valence electrons. The normalized spacial score (nSPS) is 18.0. The van der Waals surface area contributed by atoms with Gasteiger partial charge in [0.15, 0.2) is 0 Å². The Morgan fingerprint density at radius 1 is 1.10 bits per heavy atom. The first kappa shape index (κ1) is 26.1. The van der Waals surface area contributed by atoms with Crippen molar-refractivity contribution < 1.29 is 17.9 Å². The largest absolute Gasteiger partial charge is 0.476 e. The van der Waals surface area contributed by atoms with E-state index in [0.717, 1.165) is 40.7 Å². The summed E-state index contributed by atoms with van der Waals surface area (Å²) in [6.45, 7) is 1.86. The third-order valence-electron chi connectivity index (χ3n) is 7.48. The van der Waals surface area contributed by atoms with Gasteiger partial charge in [-0.1, -0.05) is 6.07 Å². The molecule has 0 radical (unpaired) electrons. The van der Waals surface area contributed by atoms with Crippen LogP contribution in [0.2, 0.25) is 0 Å². The SMILES string of the molecule is CN(C)CCCOc1ncc(-c2ccc3ncc4c(c3c2)C2(CC2=O)CN4C)cc1NS(=O)(=O)c1cccnc1. The highest BCUT2D eigenvalue weighted by molar-refractivity contribution is 7.92. The van der Waals surface area contributed by atoms with Crippen molar-refractivity contribution in [2.24, 2.45) is 0 Å². The van der Waals surface area contributed by atoms with Crippen LogP contribution in [0, 0.1) is 0 Å². The predicted octanol–water partition coefficient (Wildman–Crippen LogP) is 3.48. The summed E-state index contributed by atoms with van der Waals surface area (Å²) in [5.41, 5.74) is 4.11. The molecule has 0 amide bonds. The van der Waals surface area contributed by atoms with Gasteiger partial charge in [0.25, 0.3) is 10.0 Å². The van der Waals surface area contributed by atoms with Gasteiger partial charge in [-0.05, 0) is 56.4 Å². The van der Waals surface area contributed by atoms with E-state index in [9.17, 15) is 13.2 Å². The number of hydrogen-bond acceptors (Lipinski definition) is 9. The zero-order chi connectivity index (χ0) is 28.1. The van der Waals surface area contributed by atoms with Gasteiger partial charge >= 0.3 is 0 Å². The monoisotopic (exact) mass is 558 g/mol. The number of fused-ring (bicyclic) bond motifs is 4. The zero-order valence-electron chi connectivity index (χ0n) is 22.6. The molecule has 1 atom stereocenters. The number of carbonyl (C=O) groups is 1. The fourth-order valence-electron chi connectivity index (χ4n) is 5.38. The second kappa shape index (κ2) is 9.83. The van der Waals surface area contributed by atoms with Gasteiger partial charge in [-0.3, -0.25) is 19.5 Å². The van der Waals surface area contributed by atoms with E-state index >= 15 is 0 Å². The van der Waals surface area contributed by atoms with Crippen molar-refractivity contribution in [3.63, 3.8) is 0 Å². The average Bonchev–Trinajstić information content (AvgIpc) is 3.48. The standard InChI is InChI=1S/C29H30N6O4S/c1-34(2)10-5-11-39-28-24(33-40(37,38)21-6-4-9-30-16-21)13-20(15-32-28)19-7-8-23-22(12-19)27-25(17-31-23)35(3)18-29(27)14-26(29)36/h4,6-9,12-13,15-17,33H,5,10-11,14,18H2,1-3H3. The minimum atomic E-state index is -3.93. The van der Waals surface area contributed by atoms with Gasteiger partial charge in [-0.25, -0.2) is 13.4 Å². The quantitative estimate of drug-likeness (QED) is 0.308. The first-order valence-electron chi connectivity index (χ1n) is 13.1. The highest BCUT2D eigenvalue weighted by Crippen LogP contribution is 2.55. The van der Waals surface area contributed by atoms with Gasteiger partial charge in [0.2, 0.25) is 5.88 Å². The van der Waals surface area contributed by atoms with Crippen LogP contribution in [0.1, 0.15) is 18.4 Å². The Hall–Kier alpha value is -4.09. The van der Waals surface area contributed by atoms with Crippen LogP contribution in [0.3, 0.4) is 0 Å². The van der Waals surface area contributed by atoms with Gasteiger partial charge in [-0.15, -0.1) is 0 Å². The van der Waals surface area contributed by atoms with E-state index in [0.29, 0.717) is 25.1 Å². The first-order chi connectivity index (χ1) is 19.2. The fraction of sp³-hybridized carbons (Fsp3) is 0.310. The summed E-state index contributed by atoms with van der Waals surface area (Å²) in [6, 6.07) is 10.6. The topological polar surface area (TPSA) is 118 Å². The number of ether oxygens (including phenoxy) is 1. The molecule has 1 unspecified atom stereocenters. The Balaban J connectivity index is 1.40. The zero-order valence-corrected chi connectivity index (χ0v) is 23.4. The molecule has 6 rings (SSSR count). The van der Waals surface area contributed by atoms with Gasteiger partial charge in [0.05, 0.1) is 29.4 Å². The lowest BCUT2D eigenvalue weighted by Crippen LogP contribution is -2.20. The van der Waals surface area contributed by atoms with Crippen molar-refractivity contribution in [2.45, 2.75) is 23.2 Å². The third-order valence-corrected chi connectivity index (χ3v) is 8.83. The first-order valence-corrected chi connectivity index (χ1v) is 14.5. The van der Waals surface area contributed by atoms with Crippen molar-refractivity contribution in [1.82, 2.24) is 19.9 Å². The van der Waals surface area contributed by atoms with Crippen LogP contribution in [0.4, 0.5) is 11.4 Å². The molecule has 1 aliphatic carbocycles. The number of ketones is 1. The van der Waals surface area contributed by atoms with E-state index in [1.54, 1.807) is 18.3 Å². The minimum Gasteiger partial charge on any atom is -0.476 e. The molecule has 1 N–H and O–H groups in total. The average molecular weight is 559 g/mol. The van der Waals surface area contributed by atoms with E-state index in [1.807, 2.05) is 50.4 Å². The number of carbonyl (C=O) groups excluding carboxylic acids is 1. The smallest absolute Gasteiger partial charge is 0.263 e. The fourth-order valence-corrected chi connectivity index (χ4v) is 6.39. The van der Waals surface area contributed by atoms with E-state index in [1.165, 1.54) is 18.5 Å². The number of sulfonamides is 1. The summed E-state index contributed by atoms with van der Waals surface area (Å²) in [4.78, 5) is 29.8. The molecule has 4 heterocycles. The molecular formula is C29H30N6O4S. The van der Waals surface area contributed by atoms with E-state index in [2.05, 4.69) is 24.6 Å². The molecule has 4 aromatic rings. The number of nitrogens with one attached hydrogen (secondary N) is 1. The number of pyridine rings is 3. The van der Waals surface area contributed by atoms with E-state index < -0.39 is 15.4 Å². The lowest BCUT2D eigenvalue weighted by molar-refractivity contribution is -0.111. The van der Waals surface area contributed by atoms with Crippen molar-refractivity contribution in [1.29, 1.82) is 0 Å². The molecule has 11 heteroatoms. The number of benzene rings is 1. The van der Waals surface area contributed by atoms with Gasteiger partial charge < -0.3 is 14.5 Å². The molecule has 1 saturated carbocycles. The molecule has 10 nitrogen and oxygen atoms in total. The van der Waals surface area contributed by atoms with Crippen molar-refractivity contribution in [3.8, 4) is 17.0 Å². The maximum Gasteiger partial charge on any atom is 0.263 e. The summed E-state index contributed by atoms with van der Waals surface area (Å²) in [5, 5.41) is 0.923. The second-order valence-corrected chi connectivity index (χ2v) is 12.3. The van der Waals surface area contributed by atoms with Crippen LogP contribution >= 0.6 is 0 Å². The van der Waals surface area contributed by atoms with Crippen LogP contribution in [-0.2, 0) is 20.2 Å². The summed E-state index contributed by atoms with van der Waals surface area (Å²) in [7, 11) is 2.01. The highest BCUT2D eigenvalue weighted by atomic mass is 32.2. The summed E-state index contributed by atoms with van der Waals surface area (Å²) in [5.74, 6) is 0.447. The third kappa shape index (κ3) is 4.65. The van der Waals surface area contributed by atoms with Gasteiger partial charge in [0, 0.05) is 61.7 Å². The van der Waals surface area contributed by atoms with Crippen LogP contribution in [0.5, 0.6) is 5.88 Å². The van der Waals surface area contributed by atoms with Gasteiger partial charge in [0.1, 0.15) is 16.4 Å². The van der Waals surface area contributed by atoms with Crippen LogP contribution in [0.15, 0.2) is 66.1 Å². The lowest BCUT2D eigenvalue weighted by atomic mass is 9.93. The molecular weight excluding hydrogens is 528 g/mol. The Morgan fingerprint density at radius 2 is 1.93 bits per heavy atom. The lowest BCUT2D eigenvalue weighted by Gasteiger charge is -2.16. The molecule has 1 spiro atoms. The summed E-state index contributed by atoms with van der Waals surface area (Å²) in [6.07, 6.45) is 7.61. The molecule has 40 heavy (non-hydrogen) atoms. The number of Topliss-reactive ketones (excluding diaryl/α,β-unsaturated/α-hetero) is 1. The molecule has 3 aromatic heterocycles. The van der Waals surface area contributed by atoms with Gasteiger partial charge in [-0.2, -0.15) is 0 Å². The molecule has 1 aromatic carbocycles.